The van der Waals surface area contributed by atoms with Crippen LogP contribution < -0.4 is 0 Å². The van der Waals surface area contributed by atoms with Crippen LogP contribution in [0.4, 0.5) is 0 Å². The number of rotatable bonds is 10. The lowest BCUT2D eigenvalue weighted by atomic mass is 10.2. The van der Waals surface area contributed by atoms with Crippen LogP contribution >= 0.6 is 23.2 Å². The minimum atomic E-state index is -0.715. The number of halogens is 2. The minimum Gasteiger partial charge on any atom is -0.463 e. The molecule has 1 atom stereocenters. The highest BCUT2D eigenvalue weighted by Crippen LogP contribution is 2.08. The van der Waals surface area contributed by atoms with Crippen LogP contribution in [-0.4, -0.2) is 29.5 Å². The summed E-state index contributed by atoms with van der Waals surface area (Å²) in [6.07, 6.45) is 3.72. The molecule has 0 radical (unpaired) electrons. The van der Waals surface area contributed by atoms with Gasteiger partial charge in [0.2, 0.25) is 0 Å². The Labute approximate surface area is 124 Å². The topological polar surface area (TPSA) is 52.6 Å². The summed E-state index contributed by atoms with van der Waals surface area (Å²) in [5, 5.41) is 0. The van der Waals surface area contributed by atoms with Gasteiger partial charge in [-0.1, -0.05) is 19.8 Å². The molecular formula is C13H22Cl2O4. The zero-order valence-electron chi connectivity index (χ0n) is 11.5. The Kier molecular flexibility index (Phi) is 11.1. The van der Waals surface area contributed by atoms with E-state index in [1.54, 1.807) is 0 Å². The lowest BCUT2D eigenvalue weighted by molar-refractivity contribution is -0.149. The van der Waals surface area contributed by atoms with Crippen molar-refractivity contribution >= 4 is 35.1 Å². The summed E-state index contributed by atoms with van der Waals surface area (Å²) < 4.78 is 9.96. The van der Waals surface area contributed by atoms with E-state index in [1.807, 2.05) is 6.92 Å². The number of unbranched alkanes of at least 4 members (excludes halogenated alkanes) is 1. The second-order valence-corrected chi connectivity index (χ2v) is 5.65. The smallest absolute Gasteiger partial charge is 0.306 e. The molecule has 0 N–H and O–H groups in total. The van der Waals surface area contributed by atoms with Crippen LogP contribution in [0.15, 0.2) is 0 Å². The van der Waals surface area contributed by atoms with Gasteiger partial charge >= 0.3 is 11.9 Å². The maximum absolute atomic E-state index is 11.4. The maximum atomic E-state index is 11.4. The van der Waals surface area contributed by atoms with Crippen molar-refractivity contribution in [2.45, 2.75) is 63.3 Å². The van der Waals surface area contributed by atoms with Crippen molar-refractivity contribution in [2.75, 3.05) is 6.61 Å². The van der Waals surface area contributed by atoms with Gasteiger partial charge < -0.3 is 9.47 Å². The minimum absolute atomic E-state index is 0.0273. The Balaban J connectivity index is 3.59. The van der Waals surface area contributed by atoms with E-state index in [4.69, 9.17) is 32.7 Å². The summed E-state index contributed by atoms with van der Waals surface area (Å²) in [5.41, 5.74) is 0. The van der Waals surface area contributed by atoms with E-state index in [0.717, 1.165) is 19.3 Å². The largest absolute Gasteiger partial charge is 0.463 e. The molecule has 0 aromatic carbocycles. The average Bonchev–Trinajstić information content (AvgIpc) is 2.33. The van der Waals surface area contributed by atoms with Crippen LogP contribution in [0, 0.1) is 0 Å². The van der Waals surface area contributed by atoms with Gasteiger partial charge in [-0.2, -0.15) is 0 Å². The molecule has 0 aliphatic carbocycles. The molecule has 0 aliphatic rings. The van der Waals surface area contributed by atoms with Crippen molar-refractivity contribution in [3.05, 3.63) is 0 Å². The number of carbonyl (C=O) groups excluding carboxylic acids is 2. The molecule has 0 fully saturated rings. The molecule has 1 unspecified atom stereocenters. The summed E-state index contributed by atoms with van der Waals surface area (Å²) in [6.45, 7) is 3.94. The first kappa shape index (κ1) is 18.5. The van der Waals surface area contributed by atoms with Crippen LogP contribution in [0.2, 0.25) is 0 Å². The zero-order chi connectivity index (χ0) is 14.7. The molecule has 112 valence electrons. The third kappa shape index (κ3) is 12.3. The van der Waals surface area contributed by atoms with Crippen LogP contribution in [0.25, 0.3) is 0 Å². The Bertz CT molecular complexity index is 269. The van der Waals surface area contributed by atoms with Gasteiger partial charge in [0, 0.05) is 12.8 Å². The van der Waals surface area contributed by atoms with Gasteiger partial charge in [0.15, 0.2) is 0 Å². The molecule has 0 saturated carbocycles. The van der Waals surface area contributed by atoms with E-state index >= 15 is 0 Å². The van der Waals surface area contributed by atoms with Crippen molar-refractivity contribution in [1.29, 1.82) is 0 Å². The van der Waals surface area contributed by atoms with Gasteiger partial charge in [-0.05, 0) is 19.8 Å². The Morgan fingerprint density at radius 1 is 1.11 bits per heavy atom. The van der Waals surface area contributed by atoms with Crippen molar-refractivity contribution in [1.82, 2.24) is 0 Å². The number of ether oxygens (including phenoxy) is 2. The van der Waals surface area contributed by atoms with E-state index in [9.17, 15) is 9.59 Å². The van der Waals surface area contributed by atoms with E-state index in [0.29, 0.717) is 6.42 Å². The van der Waals surface area contributed by atoms with Crippen LogP contribution in [0.1, 0.15) is 52.4 Å². The quantitative estimate of drug-likeness (QED) is 0.456. The average molecular weight is 313 g/mol. The first-order valence-corrected chi connectivity index (χ1v) is 7.46. The molecule has 6 heteroatoms. The molecule has 0 bridgehead atoms. The van der Waals surface area contributed by atoms with Gasteiger partial charge in [-0.25, -0.2) is 0 Å². The van der Waals surface area contributed by atoms with Gasteiger partial charge in [0.05, 0.1) is 6.10 Å². The molecule has 19 heavy (non-hydrogen) atoms. The number of carbonyl (C=O) groups is 2. The summed E-state index contributed by atoms with van der Waals surface area (Å²) in [6, 6.07) is 0. The standard InChI is InChI=1S/C13H22Cl2O4/c1-3-4-6-10(2)19-13(17)8-5-7-12(16)18-9-11(14)15/h10-11H,3-9H2,1-2H3. The predicted molar refractivity (Wildman–Crippen MR) is 75.4 cm³/mol. The number of alkyl halides is 2. The fourth-order valence-electron chi connectivity index (χ4n) is 1.44. The highest BCUT2D eigenvalue weighted by molar-refractivity contribution is 6.44. The summed E-state index contributed by atoms with van der Waals surface area (Å²) in [4.78, 5) is 21.9. The molecule has 0 aromatic rings. The molecule has 0 spiro atoms. The van der Waals surface area contributed by atoms with Crippen molar-refractivity contribution in [3.63, 3.8) is 0 Å². The molecular weight excluding hydrogens is 291 g/mol. The second-order valence-electron chi connectivity index (χ2n) is 4.37. The SMILES string of the molecule is CCCCC(C)OC(=O)CCCC(=O)OCC(Cl)Cl. The van der Waals surface area contributed by atoms with E-state index in [1.165, 1.54) is 0 Å². The highest BCUT2D eigenvalue weighted by atomic mass is 35.5. The van der Waals surface area contributed by atoms with Crippen LogP contribution in [0.3, 0.4) is 0 Å². The monoisotopic (exact) mass is 312 g/mol. The molecule has 0 rings (SSSR count). The van der Waals surface area contributed by atoms with E-state index < -0.39 is 10.8 Å². The second kappa shape index (κ2) is 11.4. The molecule has 0 aliphatic heterocycles. The maximum Gasteiger partial charge on any atom is 0.306 e. The number of hydrogen-bond donors (Lipinski definition) is 0. The molecule has 0 aromatic heterocycles. The van der Waals surface area contributed by atoms with Crippen LogP contribution in [0.5, 0.6) is 0 Å². The van der Waals surface area contributed by atoms with Gasteiger partial charge in [0.1, 0.15) is 11.4 Å². The van der Waals surface area contributed by atoms with Gasteiger partial charge in [-0.3, -0.25) is 9.59 Å². The first-order chi connectivity index (χ1) is 8.95. The van der Waals surface area contributed by atoms with Crippen LogP contribution in [-0.2, 0) is 19.1 Å². The van der Waals surface area contributed by atoms with Crippen molar-refractivity contribution < 1.29 is 19.1 Å². The van der Waals surface area contributed by atoms with Gasteiger partial charge in [0.25, 0.3) is 0 Å². The lowest BCUT2D eigenvalue weighted by Gasteiger charge is -2.12. The summed E-state index contributed by atoms with van der Waals surface area (Å²) >= 11 is 10.8. The lowest BCUT2D eigenvalue weighted by Crippen LogP contribution is -2.15. The Hall–Kier alpha value is -0.480. The normalized spacial score (nSPS) is 12.3. The third-order valence-corrected chi connectivity index (χ3v) is 2.68. The van der Waals surface area contributed by atoms with E-state index in [2.05, 4.69) is 6.92 Å². The fourth-order valence-corrected chi connectivity index (χ4v) is 1.56. The first-order valence-electron chi connectivity index (χ1n) is 6.59. The zero-order valence-corrected chi connectivity index (χ0v) is 13.0. The summed E-state index contributed by atoms with van der Waals surface area (Å²) in [5.74, 6) is -0.679. The molecule has 0 saturated heterocycles. The molecule has 0 amide bonds. The van der Waals surface area contributed by atoms with Crippen molar-refractivity contribution in [3.8, 4) is 0 Å². The van der Waals surface area contributed by atoms with Crippen molar-refractivity contribution in [2.24, 2.45) is 0 Å². The Morgan fingerprint density at radius 3 is 2.32 bits per heavy atom. The van der Waals surface area contributed by atoms with E-state index in [-0.39, 0.29) is 31.5 Å². The third-order valence-electron chi connectivity index (χ3n) is 2.43. The molecule has 4 nitrogen and oxygen atoms in total. The summed E-state index contributed by atoms with van der Waals surface area (Å²) in [7, 11) is 0. The highest BCUT2D eigenvalue weighted by Gasteiger charge is 2.11. The fraction of sp³-hybridized carbons (Fsp3) is 0.846. The Morgan fingerprint density at radius 2 is 1.74 bits per heavy atom. The predicted octanol–water partition coefficient (Wildman–Crippen LogP) is 3.63. The number of hydrogen-bond acceptors (Lipinski definition) is 4. The molecule has 0 heterocycles. The number of esters is 2. The van der Waals surface area contributed by atoms with Gasteiger partial charge in [-0.15, -0.1) is 23.2 Å².